The monoisotopic (exact) mass is 517 g/mol. The zero-order valence-corrected chi connectivity index (χ0v) is 21.1. The molecule has 0 unspecified atom stereocenters. The molecule has 0 radical (unpaired) electrons. The average Bonchev–Trinajstić information content (AvgIpc) is 2.93. The Morgan fingerprint density at radius 2 is 1.76 bits per heavy atom. The first-order valence-electron chi connectivity index (χ1n) is 12.2. The molecule has 2 heterocycles. The topological polar surface area (TPSA) is 85.9 Å². The fraction of sp³-hybridized carbons (Fsp3) is 0.241. The van der Waals surface area contributed by atoms with Gasteiger partial charge in [-0.1, -0.05) is 48.0 Å². The molecule has 0 spiro atoms. The van der Waals surface area contributed by atoms with E-state index in [2.05, 4.69) is 9.88 Å². The van der Waals surface area contributed by atoms with Crippen molar-refractivity contribution in [1.29, 1.82) is 0 Å². The molecule has 8 heteroatoms. The predicted molar refractivity (Wildman–Crippen MR) is 145 cm³/mol. The van der Waals surface area contributed by atoms with Gasteiger partial charge in [-0.2, -0.15) is 0 Å². The van der Waals surface area contributed by atoms with Gasteiger partial charge in [-0.05, 0) is 41.5 Å². The number of nitrogens with zero attached hydrogens (tertiary/aromatic N) is 2. The highest BCUT2D eigenvalue weighted by Crippen LogP contribution is 2.25. The summed E-state index contributed by atoms with van der Waals surface area (Å²) in [5, 5.41) is 11.0. The van der Waals surface area contributed by atoms with Gasteiger partial charge in [0.05, 0.1) is 26.4 Å². The largest absolute Gasteiger partial charge is 0.392 e. The molecular weight excluding hydrogens is 490 g/mol. The summed E-state index contributed by atoms with van der Waals surface area (Å²) in [5.74, 6) is -0.447. The molecule has 1 amide bonds. The molecule has 1 saturated heterocycles. The molecule has 4 aromatic rings. The van der Waals surface area contributed by atoms with Gasteiger partial charge in [-0.25, -0.2) is 0 Å². The Hall–Kier alpha value is -3.49. The van der Waals surface area contributed by atoms with Crippen LogP contribution < -0.4 is 10.3 Å². The van der Waals surface area contributed by atoms with Crippen molar-refractivity contribution in [2.24, 2.45) is 0 Å². The Morgan fingerprint density at radius 1 is 1.03 bits per heavy atom. The van der Waals surface area contributed by atoms with Crippen LogP contribution in [-0.2, 0) is 24.4 Å². The average molecular weight is 518 g/mol. The molecular formula is C29H28ClN3O4. The van der Waals surface area contributed by atoms with Gasteiger partial charge in [0, 0.05) is 53.0 Å². The smallest absolute Gasteiger partial charge is 0.264 e. The maximum atomic E-state index is 13.9. The summed E-state index contributed by atoms with van der Waals surface area (Å²) in [6.07, 6.45) is 1.48. The lowest BCUT2D eigenvalue weighted by Gasteiger charge is -2.26. The minimum absolute atomic E-state index is 0.0396. The lowest BCUT2D eigenvalue weighted by Crippen LogP contribution is -2.35. The number of aliphatic hydroxyl groups excluding tert-OH is 1. The highest BCUT2D eigenvalue weighted by Gasteiger charge is 2.24. The number of nitrogens with one attached hydrogen (secondary N) is 1. The molecule has 7 nitrogen and oxygen atoms in total. The van der Waals surface area contributed by atoms with E-state index in [4.69, 9.17) is 16.3 Å². The molecule has 0 atom stereocenters. The van der Waals surface area contributed by atoms with E-state index in [9.17, 15) is 14.7 Å². The highest BCUT2D eigenvalue weighted by atomic mass is 35.5. The molecule has 1 fully saturated rings. The van der Waals surface area contributed by atoms with Crippen LogP contribution in [0.1, 0.15) is 27.0 Å². The number of aliphatic hydroxyl groups is 1. The molecule has 1 aromatic heterocycles. The van der Waals surface area contributed by atoms with Crippen LogP contribution in [0.25, 0.3) is 10.9 Å². The number of benzene rings is 3. The first-order valence-corrected chi connectivity index (χ1v) is 12.6. The van der Waals surface area contributed by atoms with Gasteiger partial charge in [-0.3, -0.25) is 14.5 Å². The van der Waals surface area contributed by atoms with Gasteiger partial charge in [0.1, 0.15) is 5.56 Å². The highest BCUT2D eigenvalue weighted by molar-refractivity contribution is 6.30. The van der Waals surface area contributed by atoms with Gasteiger partial charge >= 0.3 is 0 Å². The van der Waals surface area contributed by atoms with Crippen molar-refractivity contribution in [3.63, 3.8) is 0 Å². The van der Waals surface area contributed by atoms with Gasteiger partial charge in [0.15, 0.2) is 0 Å². The summed E-state index contributed by atoms with van der Waals surface area (Å²) in [5.41, 5.74) is 3.37. The van der Waals surface area contributed by atoms with Crippen LogP contribution in [0.4, 0.5) is 5.69 Å². The minimum Gasteiger partial charge on any atom is -0.392 e. The second-order valence-electron chi connectivity index (χ2n) is 9.10. The van der Waals surface area contributed by atoms with Crippen LogP contribution in [0.5, 0.6) is 0 Å². The Morgan fingerprint density at radius 3 is 2.51 bits per heavy atom. The second kappa shape index (κ2) is 11.3. The van der Waals surface area contributed by atoms with Crippen LogP contribution >= 0.6 is 11.6 Å². The number of anilines is 1. The molecule has 2 N–H and O–H groups in total. The lowest BCUT2D eigenvalue weighted by atomic mass is 10.1. The third kappa shape index (κ3) is 5.60. The van der Waals surface area contributed by atoms with Gasteiger partial charge in [0.2, 0.25) is 5.43 Å². The number of halogens is 1. The predicted octanol–water partition coefficient (Wildman–Crippen LogP) is 4.35. The number of aromatic nitrogens is 1. The van der Waals surface area contributed by atoms with E-state index in [0.29, 0.717) is 46.9 Å². The van der Waals surface area contributed by atoms with Crippen molar-refractivity contribution in [3.05, 3.63) is 110 Å². The number of hydrogen-bond donors (Lipinski definition) is 2. The molecule has 0 saturated carbocycles. The van der Waals surface area contributed by atoms with Crippen molar-refractivity contribution < 1.29 is 14.6 Å². The van der Waals surface area contributed by atoms with E-state index < -0.39 is 5.91 Å². The fourth-order valence-corrected chi connectivity index (χ4v) is 4.76. The van der Waals surface area contributed by atoms with E-state index >= 15 is 0 Å². The van der Waals surface area contributed by atoms with Crippen molar-refractivity contribution in [2.45, 2.75) is 19.7 Å². The van der Waals surface area contributed by atoms with E-state index in [-0.39, 0.29) is 24.1 Å². The molecule has 37 heavy (non-hydrogen) atoms. The van der Waals surface area contributed by atoms with Crippen molar-refractivity contribution in [2.75, 3.05) is 31.2 Å². The molecule has 3 aromatic carbocycles. The Balaban J connectivity index is 1.53. The maximum Gasteiger partial charge on any atom is 0.264 e. The van der Waals surface area contributed by atoms with Crippen LogP contribution in [0.2, 0.25) is 5.02 Å². The Kier molecular flexibility index (Phi) is 7.67. The zero-order valence-electron chi connectivity index (χ0n) is 20.3. The molecule has 190 valence electrons. The van der Waals surface area contributed by atoms with E-state index in [0.717, 1.165) is 24.2 Å². The van der Waals surface area contributed by atoms with Gasteiger partial charge < -0.3 is 19.7 Å². The summed E-state index contributed by atoms with van der Waals surface area (Å²) < 4.78 is 5.43. The van der Waals surface area contributed by atoms with Gasteiger partial charge in [0.25, 0.3) is 5.91 Å². The summed E-state index contributed by atoms with van der Waals surface area (Å²) in [6.45, 7) is 3.77. The SMILES string of the molecule is O=C(c1c[nH]c2ccc(CN3CCOCC3)cc2c1=O)N(Cc1ccc(Cl)cc1)c1ccccc1CO. The summed E-state index contributed by atoms with van der Waals surface area (Å²) in [7, 11) is 0. The first kappa shape index (κ1) is 25.2. The number of morpholine rings is 1. The zero-order chi connectivity index (χ0) is 25.8. The maximum absolute atomic E-state index is 13.9. The number of fused-ring (bicyclic) bond motifs is 1. The number of pyridine rings is 1. The fourth-order valence-electron chi connectivity index (χ4n) is 4.63. The normalized spacial score (nSPS) is 14.1. The summed E-state index contributed by atoms with van der Waals surface area (Å²) >= 11 is 6.05. The van der Waals surface area contributed by atoms with Crippen LogP contribution in [0.15, 0.2) is 77.7 Å². The Bertz CT molecular complexity index is 1460. The summed E-state index contributed by atoms with van der Waals surface area (Å²) in [4.78, 5) is 34.5. The van der Waals surface area contributed by atoms with Crippen LogP contribution in [0, 0.1) is 0 Å². The number of carbonyl (C=O) groups is 1. The standard InChI is InChI=1S/C29H28ClN3O4/c30-23-8-5-20(6-9-23)18-33(27-4-2-1-3-22(27)19-34)29(36)25-16-31-26-10-7-21(15-24(26)28(25)35)17-32-11-13-37-14-12-32/h1-10,15-16,34H,11-14,17-19H2,(H,31,35). The molecule has 0 aliphatic carbocycles. The number of ether oxygens (including phenoxy) is 1. The minimum atomic E-state index is -0.447. The third-order valence-electron chi connectivity index (χ3n) is 6.64. The number of hydrogen-bond acceptors (Lipinski definition) is 5. The molecule has 5 rings (SSSR count). The number of rotatable bonds is 7. The lowest BCUT2D eigenvalue weighted by molar-refractivity contribution is 0.0342. The first-order chi connectivity index (χ1) is 18.0. The number of carbonyl (C=O) groups excluding carboxylic acids is 1. The molecule has 0 bridgehead atoms. The van der Waals surface area contributed by atoms with Crippen LogP contribution in [0.3, 0.4) is 0 Å². The third-order valence-corrected chi connectivity index (χ3v) is 6.89. The summed E-state index contributed by atoms with van der Waals surface area (Å²) in [6, 6.07) is 20.1. The van der Waals surface area contributed by atoms with Crippen LogP contribution in [-0.4, -0.2) is 47.2 Å². The van der Waals surface area contributed by atoms with Crippen molar-refractivity contribution in [3.8, 4) is 0 Å². The van der Waals surface area contributed by atoms with E-state index in [1.54, 1.807) is 36.4 Å². The number of para-hydroxylation sites is 1. The van der Waals surface area contributed by atoms with Crippen molar-refractivity contribution >= 4 is 34.1 Å². The number of H-pyrrole nitrogens is 1. The second-order valence-corrected chi connectivity index (χ2v) is 9.54. The quantitative estimate of drug-likeness (QED) is 0.380. The molecule has 1 aliphatic heterocycles. The Labute approximate surface area is 219 Å². The number of amides is 1. The number of aromatic amines is 1. The van der Waals surface area contributed by atoms with E-state index in [1.807, 2.05) is 30.3 Å². The molecule has 1 aliphatic rings. The van der Waals surface area contributed by atoms with Crippen molar-refractivity contribution in [1.82, 2.24) is 9.88 Å². The van der Waals surface area contributed by atoms with E-state index in [1.165, 1.54) is 11.1 Å². The van der Waals surface area contributed by atoms with Gasteiger partial charge in [-0.15, -0.1) is 0 Å².